The molecule has 3 aromatic rings. The molecule has 1 aliphatic heterocycles. The molecule has 1 aliphatic rings. The minimum atomic E-state index is -0.378. The van der Waals surface area contributed by atoms with Gasteiger partial charge in [-0.05, 0) is 54.8 Å². The lowest BCUT2D eigenvalue weighted by molar-refractivity contribution is -0.126. The zero-order chi connectivity index (χ0) is 22.3. The first-order valence-corrected chi connectivity index (χ1v) is 10.8. The van der Waals surface area contributed by atoms with Crippen molar-refractivity contribution < 1.29 is 14.0 Å². The summed E-state index contributed by atoms with van der Waals surface area (Å²) in [6.45, 7) is 1.46. The van der Waals surface area contributed by atoms with Crippen LogP contribution in [0.2, 0.25) is 0 Å². The molecule has 0 aromatic heterocycles. The number of hydrazine groups is 1. The van der Waals surface area contributed by atoms with Gasteiger partial charge in [0.2, 0.25) is 5.91 Å². The van der Waals surface area contributed by atoms with Crippen molar-refractivity contribution in [2.24, 2.45) is 5.92 Å². The molecule has 0 saturated carbocycles. The fraction of sp³-hybridized carbons (Fsp3) is 0.231. The van der Waals surface area contributed by atoms with Crippen LogP contribution in [0.1, 0.15) is 28.8 Å². The standard InChI is InChI=1S/C26H26FN3O2/c27-23-15-13-21(14-16-23)26(32)29-17-7-10-22(19-29)25(31)28-30(24-11-5-2-6-12-24)18-20-8-3-1-4-9-20/h1-6,8-9,11-16,22H,7,10,17-19H2,(H,28,31). The van der Waals surface area contributed by atoms with Crippen molar-refractivity contribution in [2.75, 3.05) is 18.1 Å². The van der Waals surface area contributed by atoms with Crippen LogP contribution in [-0.2, 0) is 11.3 Å². The molecular formula is C26H26FN3O2. The Kier molecular flexibility index (Phi) is 6.80. The summed E-state index contributed by atoms with van der Waals surface area (Å²) in [4.78, 5) is 27.7. The molecule has 0 aliphatic carbocycles. The van der Waals surface area contributed by atoms with Gasteiger partial charge in [0.1, 0.15) is 5.82 Å². The van der Waals surface area contributed by atoms with E-state index in [1.807, 2.05) is 65.7 Å². The maximum Gasteiger partial charge on any atom is 0.253 e. The van der Waals surface area contributed by atoms with Gasteiger partial charge in [-0.25, -0.2) is 4.39 Å². The van der Waals surface area contributed by atoms with Crippen LogP contribution >= 0.6 is 0 Å². The Morgan fingerprint density at radius 2 is 1.59 bits per heavy atom. The van der Waals surface area contributed by atoms with Crippen molar-refractivity contribution in [3.05, 3.63) is 102 Å². The summed E-state index contributed by atoms with van der Waals surface area (Å²) in [6.07, 6.45) is 1.46. The summed E-state index contributed by atoms with van der Waals surface area (Å²) in [6, 6.07) is 25.2. The number of anilines is 1. The number of likely N-dealkylation sites (tertiary alicyclic amines) is 1. The highest BCUT2D eigenvalue weighted by molar-refractivity contribution is 5.94. The highest BCUT2D eigenvalue weighted by Gasteiger charge is 2.30. The molecule has 1 unspecified atom stereocenters. The molecule has 1 atom stereocenters. The van der Waals surface area contributed by atoms with Crippen LogP contribution in [0.4, 0.5) is 10.1 Å². The molecule has 3 aromatic carbocycles. The average Bonchev–Trinajstić information content (AvgIpc) is 2.85. The number of carbonyl (C=O) groups excluding carboxylic acids is 2. The van der Waals surface area contributed by atoms with Crippen molar-refractivity contribution in [3.8, 4) is 0 Å². The van der Waals surface area contributed by atoms with Crippen LogP contribution in [-0.4, -0.2) is 29.8 Å². The fourth-order valence-electron chi connectivity index (χ4n) is 3.94. The van der Waals surface area contributed by atoms with E-state index in [-0.39, 0.29) is 23.5 Å². The first-order valence-electron chi connectivity index (χ1n) is 10.8. The lowest BCUT2D eigenvalue weighted by atomic mass is 9.96. The van der Waals surface area contributed by atoms with Crippen LogP contribution in [0.25, 0.3) is 0 Å². The minimum absolute atomic E-state index is 0.110. The molecule has 1 N–H and O–H groups in total. The second-order valence-corrected chi connectivity index (χ2v) is 7.98. The van der Waals surface area contributed by atoms with Gasteiger partial charge in [0, 0.05) is 18.7 Å². The highest BCUT2D eigenvalue weighted by Crippen LogP contribution is 2.21. The van der Waals surface area contributed by atoms with Crippen LogP contribution in [0.3, 0.4) is 0 Å². The number of para-hydroxylation sites is 1. The van der Waals surface area contributed by atoms with E-state index in [0.29, 0.717) is 31.6 Å². The number of amides is 2. The van der Waals surface area contributed by atoms with Gasteiger partial charge in [0.25, 0.3) is 5.91 Å². The lowest BCUT2D eigenvalue weighted by Gasteiger charge is -2.34. The summed E-state index contributed by atoms with van der Waals surface area (Å²) in [5, 5.41) is 1.85. The van der Waals surface area contributed by atoms with Crippen molar-refractivity contribution in [1.82, 2.24) is 10.3 Å². The van der Waals surface area contributed by atoms with Crippen molar-refractivity contribution >= 4 is 17.5 Å². The number of hydrogen-bond acceptors (Lipinski definition) is 3. The molecule has 0 spiro atoms. The number of carbonyl (C=O) groups is 2. The predicted octanol–water partition coefficient (Wildman–Crippen LogP) is 4.42. The molecule has 4 rings (SSSR count). The number of benzene rings is 3. The Morgan fingerprint density at radius 1 is 0.938 bits per heavy atom. The molecular weight excluding hydrogens is 405 g/mol. The number of nitrogens with zero attached hydrogens (tertiary/aromatic N) is 2. The average molecular weight is 432 g/mol. The second-order valence-electron chi connectivity index (χ2n) is 7.98. The third-order valence-corrected chi connectivity index (χ3v) is 5.67. The first-order chi connectivity index (χ1) is 15.6. The van der Waals surface area contributed by atoms with Gasteiger partial charge in [-0.2, -0.15) is 0 Å². The van der Waals surface area contributed by atoms with Crippen molar-refractivity contribution in [3.63, 3.8) is 0 Å². The van der Waals surface area contributed by atoms with E-state index >= 15 is 0 Å². The Hall–Kier alpha value is -3.67. The topological polar surface area (TPSA) is 52.7 Å². The zero-order valence-corrected chi connectivity index (χ0v) is 17.8. The Bertz CT molecular complexity index is 1040. The van der Waals surface area contributed by atoms with E-state index in [9.17, 15) is 14.0 Å². The van der Waals surface area contributed by atoms with Crippen molar-refractivity contribution in [1.29, 1.82) is 0 Å². The van der Waals surface area contributed by atoms with Crippen molar-refractivity contribution in [2.45, 2.75) is 19.4 Å². The van der Waals surface area contributed by atoms with E-state index < -0.39 is 0 Å². The SMILES string of the molecule is O=C(NN(Cc1ccccc1)c1ccccc1)C1CCCN(C(=O)c2ccc(F)cc2)C1. The molecule has 5 nitrogen and oxygen atoms in total. The smallest absolute Gasteiger partial charge is 0.253 e. The molecule has 1 saturated heterocycles. The summed E-state index contributed by atoms with van der Waals surface area (Å²) >= 11 is 0. The second kappa shape index (κ2) is 10.1. The fourth-order valence-corrected chi connectivity index (χ4v) is 3.94. The molecule has 6 heteroatoms. The minimum Gasteiger partial charge on any atom is -0.338 e. The third-order valence-electron chi connectivity index (χ3n) is 5.67. The van der Waals surface area contributed by atoms with E-state index in [1.54, 1.807) is 4.90 Å². The van der Waals surface area contributed by atoms with Gasteiger partial charge >= 0.3 is 0 Å². The van der Waals surface area contributed by atoms with Gasteiger partial charge in [-0.3, -0.25) is 20.0 Å². The highest BCUT2D eigenvalue weighted by atomic mass is 19.1. The van der Waals surface area contributed by atoms with Gasteiger partial charge in [0.05, 0.1) is 18.2 Å². The molecule has 164 valence electrons. The quantitative estimate of drug-likeness (QED) is 0.588. The van der Waals surface area contributed by atoms with E-state index in [2.05, 4.69) is 5.43 Å². The predicted molar refractivity (Wildman–Crippen MR) is 122 cm³/mol. The van der Waals surface area contributed by atoms with E-state index in [1.165, 1.54) is 24.3 Å². The summed E-state index contributed by atoms with van der Waals surface area (Å²) in [5.74, 6) is -0.972. The molecule has 2 amide bonds. The van der Waals surface area contributed by atoms with Crippen LogP contribution in [0.15, 0.2) is 84.9 Å². The zero-order valence-electron chi connectivity index (χ0n) is 17.8. The molecule has 1 fully saturated rings. The monoisotopic (exact) mass is 431 g/mol. The van der Waals surface area contributed by atoms with Crippen LogP contribution in [0, 0.1) is 11.7 Å². The number of nitrogens with one attached hydrogen (secondary N) is 1. The molecule has 1 heterocycles. The number of halogens is 1. The summed E-state index contributed by atoms with van der Waals surface area (Å²) < 4.78 is 13.2. The van der Waals surface area contributed by atoms with E-state index in [0.717, 1.165) is 17.7 Å². The Morgan fingerprint density at radius 3 is 2.28 bits per heavy atom. The van der Waals surface area contributed by atoms with Gasteiger partial charge < -0.3 is 4.90 Å². The lowest BCUT2D eigenvalue weighted by Crippen LogP contribution is -2.50. The van der Waals surface area contributed by atoms with E-state index in [4.69, 9.17) is 0 Å². The largest absolute Gasteiger partial charge is 0.338 e. The number of rotatable bonds is 6. The molecule has 0 bridgehead atoms. The normalized spacial score (nSPS) is 15.8. The summed E-state index contributed by atoms with van der Waals surface area (Å²) in [7, 11) is 0. The number of piperidine rings is 1. The third kappa shape index (κ3) is 5.32. The molecule has 0 radical (unpaired) electrons. The first kappa shape index (κ1) is 21.6. The maximum atomic E-state index is 13.2. The molecule has 32 heavy (non-hydrogen) atoms. The maximum absolute atomic E-state index is 13.2. The Labute approximate surface area is 187 Å². The van der Waals surface area contributed by atoms with Crippen LogP contribution < -0.4 is 10.4 Å². The van der Waals surface area contributed by atoms with Gasteiger partial charge in [-0.15, -0.1) is 0 Å². The Balaban J connectivity index is 1.45. The summed E-state index contributed by atoms with van der Waals surface area (Å²) in [5.41, 5.74) is 5.46. The van der Waals surface area contributed by atoms with Crippen LogP contribution in [0.5, 0.6) is 0 Å². The number of hydrogen-bond donors (Lipinski definition) is 1. The van der Waals surface area contributed by atoms with Gasteiger partial charge in [-0.1, -0.05) is 48.5 Å². The van der Waals surface area contributed by atoms with Gasteiger partial charge in [0.15, 0.2) is 0 Å².